The van der Waals surface area contributed by atoms with E-state index in [1.54, 1.807) is 0 Å². The largest absolute Gasteiger partial charge is 0.494 e. The first-order valence-electron chi connectivity index (χ1n) is 18.7. The van der Waals surface area contributed by atoms with Crippen LogP contribution in [-0.2, 0) is 0 Å². The number of aromatic amines is 1. The van der Waals surface area contributed by atoms with Gasteiger partial charge in [-0.2, -0.15) is 0 Å². The summed E-state index contributed by atoms with van der Waals surface area (Å²) in [7, 11) is 4.40. The molecule has 0 radical (unpaired) electrons. The van der Waals surface area contributed by atoms with Gasteiger partial charge in [0.15, 0.2) is 0 Å². The lowest BCUT2D eigenvalue weighted by Gasteiger charge is -2.32. The van der Waals surface area contributed by atoms with Gasteiger partial charge in [-0.15, -0.1) is 0 Å². The summed E-state index contributed by atoms with van der Waals surface area (Å²) in [6.07, 6.45) is 2.10. The summed E-state index contributed by atoms with van der Waals surface area (Å²) in [4.78, 5) is 18.6. The van der Waals surface area contributed by atoms with Gasteiger partial charge in [-0.25, -0.2) is 4.98 Å². The Balaban J connectivity index is 0.897. The molecule has 2 aliphatic rings. The lowest BCUT2D eigenvalue weighted by atomic mass is 10.0. The highest BCUT2D eigenvalue weighted by molar-refractivity contribution is 6.09. The number of benzene rings is 4. The predicted molar refractivity (Wildman–Crippen MR) is 210 cm³/mol. The molecule has 2 aliphatic heterocycles. The second kappa shape index (κ2) is 15.4. The maximum Gasteiger partial charge on any atom is 0.119 e. The van der Waals surface area contributed by atoms with E-state index < -0.39 is 0 Å². The molecule has 1 N–H and O–H groups in total. The van der Waals surface area contributed by atoms with Crippen LogP contribution in [0.4, 0.5) is 0 Å². The Hall–Kier alpha value is -4.47. The molecule has 0 bridgehead atoms. The number of H-pyrrole nitrogens is 1. The van der Waals surface area contributed by atoms with Crippen LogP contribution in [0.2, 0.25) is 0 Å². The zero-order chi connectivity index (χ0) is 34.6. The van der Waals surface area contributed by atoms with Crippen molar-refractivity contribution in [2.75, 3.05) is 92.8 Å². The van der Waals surface area contributed by atoms with Gasteiger partial charge in [0.25, 0.3) is 0 Å². The van der Waals surface area contributed by atoms with Crippen molar-refractivity contribution in [3.8, 4) is 33.8 Å². The SMILES string of the molecule is CN1CCN(CCCOc2ccc(-c3ccc4nc5c(cc4c3)[nH]c3ccc(-c4ccc(OCCCN6CCN(C)CC6)cc4)cc35)cc2)CC1. The normalized spacial score (nSPS) is 16.7. The van der Waals surface area contributed by atoms with E-state index >= 15 is 0 Å². The fourth-order valence-corrected chi connectivity index (χ4v) is 7.42. The van der Waals surface area contributed by atoms with Crippen molar-refractivity contribution in [3.05, 3.63) is 91.0 Å². The van der Waals surface area contributed by atoms with Gasteiger partial charge in [-0.05, 0) is 104 Å². The standard InChI is InChI=1S/C43H50N6O2/c1-46-19-23-48(24-20-46)17-3-27-50-37-11-5-32(6-12-37)34-9-15-40-36(29-34)31-42-43(45-40)39-30-35(10-16-41(39)44-42)33-7-13-38(14-8-33)51-28-4-18-49-25-21-47(2)22-26-49/h5-16,29-31,44H,3-4,17-28H2,1-2H3. The summed E-state index contributed by atoms with van der Waals surface area (Å²) >= 11 is 0. The number of aromatic nitrogens is 2. The minimum Gasteiger partial charge on any atom is -0.494 e. The average molecular weight is 683 g/mol. The first-order chi connectivity index (χ1) is 25.0. The molecule has 2 fully saturated rings. The topological polar surface area (TPSA) is 60.1 Å². The van der Waals surface area contributed by atoms with E-state index in [-0.39, 0.29) is 0 Å². The molecule has 0 amide bonds. The molecule has 8 heteroatoms. The second-order valence-corrected chi connectivity index (χ2v) is 14.4. The third-order valence-electron chi connectivity index (χ3n) is 10.7. The molecule has 264 valence electrons. The van der Waals surface area contributed by atoms with Crippen LogP contribution in [0.1, 0.15) is 12.8 Å². The number of likely N-dealkylation sites (N-methyl/N-ethyl adjacent to an activating group) is 2. The van der Waals surface area contributed by atoms with Crippen molar-refractivity contribution in [3.63, 3.8) is 0 Å². The van der Waals surface area contributed by atoms with Crippen LogP contribution in [0, 0.1) is 0 Å². The number of hydrogen-bond acceptors (Lipinski definition) is 7. The molecule has 2 saturated heterocycles. The number of piperazine rings is 2. The summed E-state index contributed by atoms with van der Waals surface area (Å²) < 4.78 is 12.2. The molecule has 8 rings (SSSR count). The molecule has 2 aromatic heterocycles. The van der Waals surface area contributed by atoms with Gasteiger partial charge in [0.1, 0.15) is 11.5 Å². The highest BCUT2D eigenvalue weighted by atomic mass is 16.5. The van der Waals surface area contributed by atoms with Crippen molar-refractivity contribution in [1.82, 2.24) is 29.6 Å². The Morgan fingerprint density at radius 1 is 0.549 bits per heavy atom. The van der Waals surface area contributed by atoms with Crippen LogP contribution in [-0.4, -0.2) is 122 Å². The van der Waals surface area contributed by atoms with E-state index in [0.29, 0.717) is 0 Å². The van der Waals surface area contributed by atoms with E-state index in [4.69, 9.17) is 14.5 Å². The Kier molecular flexibility index (Phi) is 10.2. The third kappa shape index (κ3) is 8.05. The Bertz CT molecular complexity index is 2060. The Morgan fingerprint density at radius 2 is 1.06 bits per heavy atom. The van der Waals surface area contributed by atoms with Gasteiger partial charge in [-0.3, -0.25) is 0 Å². The Morgan fingerprint density at radius 3 is 1.63 bits per heavy atom. The number of ether oxygens (including phenoxy) is 2. The maximum absolute atomic E-state index is 6.09. The maximum atomic E-state index is 6.09. The van der Waals surface area contributed by atoms with Crippen molar-refractivity contribution in [2.45, 2.75) is 12.8 Å². The molecule has 8 nitrogen and oxygen atoms in total. The van der Waals surface area contributed by atoms with E-state index in [0.717, 1.165) is 136 Å². The molecular weight excluding hydrogens is 633 g/mol. The molecule has 0 aliphatic carbocycles. The zero-order valence-electron chi connectivity index (χ0n) is 30.1. The molecule has 0 atom stereocenters. The Labute approximate surface area is 301 Å². The van der Waals surface area contributed by atoms with Gasteiger partial charge < -0.3 is 34.1 Å². The zero-order valence-corrected chi connectivity index (χ0v) is 30.1. The van der Waals surface area contributed by atoms with E-state index in [9.17, 15) is 0 Å². The predicted octanol–water partition coefficient (Wildman–Crippen LogP) is 7.24. The third-order valence-corrected chi connectivity index (χ3v) is 10.7. The van der Waals surface area contributed by atoms with Crippen LogP contribution < -0.4 is 9.47 Å². The minimum absolute atomic E-state index is 0.743. The average Bonchev–Trinajstić information content (AvgIpc) is 3.52. The van der Waals surface area contributed by atoms with Crippen LogP contribution >= 0.6 is 0 Å². The summed E-state index contributed by atoms with van der Waals surface area (Å²) in [5.74, 6) is 1.85. The van der Waals surface area contributed by atoms with Crippen LogP contribution in [0.25, 0.3) is 55.1 Å². The van der Waals surface area contributed by atoms with Crippen LogP contribution in [0.15, 0.2) is 91.0 Å². The molecule has 51 heavy (non-hydrogen) atoms. The van der Waals surface area contributed by atoms with Crippen LogP contribution in [0.3, 0.4) is 0 Å². The fourth-order valence-electron chi connectivity index (χ4n) is 7.42. The molecule has 0 saturated carbocycles. The summed E-state index contributed by atoms with van der Waals surface area (Å²) in [5.41, 5.74) is 8.82. The van der Waals surface area contributed by atoms with E-state index in [1.165, 1.54) is 22.3 Å². The number of fused-ring (bicyclic) bond motifs is 4. The monoisotopic (exact) mass is 682 g/mol. The summed E-state index contributed by atoms with van der Waals surface area (Å²) in [6, 6.07) is 32.4. The fraction of sp³-hybridized carbons (Fsp3) is 0.372. The highest BCUT2D eigenvalue weighted by Gasteiger charge is 2.15. The lowest BCUT2D eigenvalue weighted by molar-refractivity contribution is 0.145. The molecule has 0 unspecified atom stereocenters. The van der Waals surface area contributed by atoms with E-state index in [2.05, 4.69) is 130 Å². The smallest absolute Gasteiger partial charge is 0.119 e. The first kappa shape index (κ1) is 33.7. The van der Waals surface area contributed by atoms with Crippen LogP contribution in [0.5, 0.6) is 11.5 Å². The van der Waals surface area contributed by atoms with Gasteiger partial charge in [0, 0.05) is 81.7 Å². The number of rotatable bonds is 12. The lowest BCUT2D eigenvalue weighted by Crippen LogP contribution is -2.44. The van der Waals surface area contributed by atoms with Crippen molar-refractivity contribution in [2.24, 2.45) is 0 Å². The quantitative estimate of drug-likeness (QED) is 0.137. The minimum atomic E-state index is 0.743. The van der Waals surface area contributed by atoms with Gasteiger partial charge in [0.05, 0.1) is 29.8 Å². The number of nitrogens with one attached hydrogen (secondary N) is 1. The number of nitrogens with zero attached hydrogens (tertiary/aromatic N) is 5. The molecular formula is C43H50N6O2. The van der Waals surface area contributed by atoms with Crippen molar-refractivity contribution >= 4 is 32.8 Å². The number of pyridine rings is 1. The molecule has 0 spiro atoms. The first-order valence-corrected chi connectivity index (χ1v) is 18.7. The molecule has 4 heterocycles. The molecule has 6 aromatic rings. The summed E-state index contributed by atoms with van der Waals surface area (Å²) in [5, 5.41) is 2.26. The summed E-state index contributed by atoms with van der Waals surface area (Å²) in [6.45, 7) is 12.9. The van der Waals surface area contributed by atoms with Gasteiger partial charge >= 0.3 is 0 Å². The number of hydrogen-bond donors (Lipinski definition) is 1. The van der Waals surface area contributed by atoms with Crippen molar-refractivity contribution in [1.29, 1.82) is 0 Å². The van der Waals surface area contributed by atoms with Gasteiger partial charge in [0.2, 0.25) is 0 Å². The second-order valence-electron chi connectivity index (χ2n) is 14.4. The van der Waals surface area contributed by atoms with E-state index in [1.807, 2.05) is 0 Å². The molecule has 4 aromatic carbocycles. The highest BCUT2D eigenvalue weighted by Crippen LogP contribution is 2.33. The van der Waals surface area contributed by atoms with Crippen molar-refractivity contribution < 1.29 is 9.47 Å². The van der Waals surface area contributed by atoms with Gasteiger partial charge in [-0.1, -0.05) is 36.4 Å².